The first-order valence-corrected chi connectivity index (χ1v) is 46.8. The molecule has 1 atom stereocenters. The van der Waals surface area contributed by atoms with Crippen LogP contribution < -0.4 is 0 Å². The molecule has 25 nitrogen and oxygen atoms in total. The van der Waals surface area contributed by atoms with Crippen LogP contribution in [0.1, 0.15) is 131 Å². The zero-order chi connectivity index (χ0) is 89.6. The number of fused-ring (bicyclic) bond motifs is 12. The molecule has 6 aromatic heterocycles. The highest BCUT2D eigenvalue weighted by atomic mass is 79.9. The Morgan fingerprint density at radius 2 is 0.659 bits per heavy atom. The van der Waals surface area contributed by atoms with Crippen LogP contribution in [-0.2, 0) is 54.3 Å². The van der Waals surface area contributed by atoms with Gasteiger partial charge >= 0.3 is 35.7 Å². The number of methoxy groups -OCH3 is 4. The number of thiophene rings is 2. The predicted molar refractivity (Wildman–Crippen MR) is 498 cm³/mol. The van der Waals surface area contributed by atoms with Crippen LogP contribution in [0.2, 0.25) is 0 Å². The molecule has 0 fully saturated rings. The second kappa shape index (κ2) is 36.6. The van der Waals surface area contributed by atoms with Gasteiger partial charge in [0.1, 0.15) is 61.3 Å². The molecule has 8 heterocycles. The van der Waals surface area contributed by atoms with Gasteiger partial charge in [0.15, 0.2) is 0 Å². The number of nitrogens with zero attached hydrogens (tertiary/aromatic N) is 8. The molecule has 2 N–H and O–H groups in total. The van der Waals surface area contributed by atoms with Gasteiger partial charge < -0.3 is 18.9 Å². The van der Waals surface area contributed by atoms with Crippen molar-refractivity contribution in [3.63, 3.8) is 0 Å². The molecule has 0 amide bonds. The summed E-state index contributed by atoms with van der Waals surface area (Å²) in [6.07, 6.45) is -1.76. The number of carbonyl (C=O) groups is 5. The summed E-state index contributed by atoms with van der Waals surface area (Å²) in [6, 6.07) is 30.1. The Kier molecular flexibility index (Phi) is 28.0. The van der Waals surface area contributed by atoms with Gasteiger partial charge in [0.25, 0.3) is 0 Å². The summed E-state index contributed by atoms with van der Waals surface area (Å²) in [5.74, 6) is 0. The maximum atomic E-state index is 13.8. The largest absolute Gasteiger partial charge is 0.451 e. The van der Waals surface area contributed by atoms with Gasteiger partial charge in [0.2, 0.25) is 19.7 Å². The van der Waals surface area contributed by atoms with E-state index in [1.807, 2.05) is 77.9 Å². The molecule has 34 heteroatoms. The van der Waals surface area contributed by atoms with Crippen molar-refractivity contribution < 1.29 is 78.1 Å². The third kappa shape index (κ3) is 16.3. The highest BCUT2D eigenvalue weighted by Gasteiger charge is 2.47. The van der Waals surface area contributed by atoms with E-state index >= 15 is 0 Å². The molecule has 0 bridgehead atoms. The Morgan fingerprint density at radius 3 is 0.959 bits per heavy atom. The van der Waals surface area contributed by atoms with Gasteiger partial charge in [-0.15, -0.1) is 27.0 Å². The van der Waals surface area contributed by atoms with Gasteiger partial charge in [-0.2, -0.15) is 43.3 Å². The van der Waals surface area contributed by atoms with Gasteiger partial charge in [-0.05, 0) is 218 Å². The van der Waals surface area contributed by atoms with Crippen molar-refractivity contribution in [1.29, 1.82) is 0 Å². The topological polar surface area (TPSA) is 329 Å². The summed E-state index contributed by atoms with van der Waals surface area (Å²) in [7, 11) is -2.58. The molecule has 8 aromatic carbocycles. The SMILES string of the molecule is C.COC(=O)n1nc(-c2ccc(C(Br)Br)cc2)c2c1-c1c(C)c(C)c(C)c(C)c1S2(=O)=O.COC(=O)n1nc(-c2ccc(C(Br)Br)cc2)c2sc3c(C)c(C)c(C)c(C)c3c21.COC(=O)n1nc(-c2ccc(C)cc2)c2sc3c(C)c(C)c(C)c(C)c3c21.COC(=O)n1nc(-c2ccc(C=O)cc2)c2c1-c1c(C)c(C)c(C)c(C)c1S2(=O)=O.O=S(O)OO. The van der Waals surface area contributed by atoms with E-state index in [1.54, 1.807) is 72.9 Å². The van der Waals surface area contributed by atoms with Gasteiger partial charge in [-0.1, -0.05) is 174 Å². The number of hydrogen-bond donors (Lipinski definition) is 2. The van der Waals surface area contributed by atoms with Gasteiger partial charge in [0, 0.05) is 59.1 Å². The first-order chi connectivity index (χ1) is 57.5. The maximum Gasteiger partial charge on any atom is 0.435 e. The van der Waals surface area contributed by atoms with Crippen molar-refractivity contribution >= 4 is 189 Å². The highest BCUT2D eigenvalue weighted by molar-refractivity contribution is 9.24. The second-order valence-corrected chi connectivity index (χ2v) is 41.8. The standard InChI is InChI=1S/C22H20Br2N2O4S.C22H20Br2N2O2S.C22H20N2O5S.C22H22N2O2S.CH4.H2O4S/c1-10-11(2)13(4)19-16(12(10)3)18-20(31(19,28)29)17(25-26(18)22(27)30-5)14-6-8-15(9-7-14)21(23)24;1-10-11(2)13(4)19-16(12(10)3)18-20(29-19)17(25-26(18)22(27)28-5)14-6-8-15(9-7-14)21(23)24;1-11-12(2)14(4)20-17(13(11)3)19-21(30(20,27)28)18(23-24(19)22(26)29-5)16-8-6-15(10-25)7-9-16;1-11-7-9-16(10-8-11)18-21-19(24(23-18)22(25)26-6)17-14(4)12(2)13(3)15(5)20(17)27-21;;1-4-5(2)3/h6-9,21H,1-5H3;6-9,21H,1-5H3;6-10H,1-5H3;7-10H,1-6H3;1H4;1H,(H,2,3). The number of aldehydes is 1. The third-order valence-electron chi connectivity index (χ3n) is 23.3. The van der Waals surface area contributed by atoms with Gasteiger partial charge in [-0.25, -0.2) is 41.3 Å². The number of halogens is 4. The molecule has 0 spiro atoms. The van der Waals surface area contributed by atoms with Crippen molar-refractivity contribution in [2.45, 2.75) is 152 Å². The molecule has 1 unspecified atom stereocenters. The fourth-order valence-electron chi connectivity index (χ4n) is 15.4. The Hall–Kier alpha value is -9.56. The molecule has 0 saturated carbocycles. The van der Waals surface area contributed by atoms with E-state index in [2.05, 4.69) is 175 Å². The van der Waals surface area contributed by atoms with Crippen LogP contribution in [0.15, 0.2) is 117 Å². The number of aromatic nitrogens is 8. The summed E-state index contributed by atoms with van der Waals surface area (Å²) >= 11 is 14.8. The summed E-state index contributed by atoms with van der Waals surface area (Å²) in [5.41, 5.74) is 28.7. The van der Waals surface area contributed by atoms with E-state index in [0.717, 1.165) is 108 Å². The van der Waals surface area contributed by atoms with Crippen molar-refractivity contribution in [3.05, 3.63) is 208 Å². The van der Waals surface area contributed by atoms with Crippen LogP contribution in [0.4, 0.5) is 19.2 Å². The summed E-state index contributed by atoms with van der Waals surface area (Å²) < 4.78 is 103. The number of sulfone groups is 2. The van der Waals surface area contributed by atoms with E-state index in [1.165, 1.54) is 97.3 Å². The van der Waals surface area contributed by atoms with Crippen LogP contribution in [0.5, 0.6) is 0 Å². The number of benzene rings is 8. The minimum atomic E-state index is -3.93. The van der Waals surface area contributed by atoms with E-state index < -0.39 is 55.4 Å². The van der Waals surface area contributed by atoms with Crippen LogP contribution in [0.25, 0.3) is 108 Å². The molecular formula is C89H88Br4N8O17S5. The fourth-order valence-corrected chi connectivity index (χ4v) is 23.7. The van der Waals surface area contributed by atoms with Crippen molar-refractivity contribution in [2.75, 3.05) is 28.4 Å². The average Bonchev–Trinajstić information content (AvgIpc) is 1.57. The van der Waals surface area contributed by atoms with Crippen LogP contribution in [-0.4, -0.2) is 129 Å². The molecule has 0 saturated heterocycles. The quantitative estimate of drug-likeness (QED) is 0.0356. The minimum Gasteiger partial charge on any atom is -0.451 e. The Balaban J connectivity index is 0.000000156. The Labute approximate surface area is 755 Å². The molecule has 14 aromatic rings. The number of ether oxygens (including phenoxy) is 4. The molecule has 644 valence electrons. The average molecular weight is 2020 g/mol. The number of alkyl halides is 4. The van der Waals surface area contributed by atoms with Crippen molar-refractivity contribution in [1.82, 2.24) is 39.1 Å². The van der Waals surface area contributed by atoms with E-state index in [9.17, 15) is 40.8 Å². The molecule has 2 aliphatic heterocycles. The first kappa shape index (κ1) is 94.1. The Morgan fingerprint density at radius 1 is 0.390 bits per heavy atom. The first-order valence-electron chi connectivity index (χ1n) is 37.5. The van der Waals surface area contributed by atoms with Crippen LogP contribution in [0.3, 0.4) is 0 Å². The smallest absolute Gasteiger partial charge is 0.435 e. The molecule has 2 aliphatic rings. The summed E-state index contributed by atoms with van der Waals surface area (Å²) in [4.78, 5) is 61.7. The monoisotopic (exact) mass is 2020 g/mol. The maximum absolute atomic E-state index is 13.8. The highest BCUT2D eigenvalue weighted by Crippen LogP contribution is 2.55. The van der Waals surface area contributed by atoms with E-state index in [-0.39, 0.29) is 57.3 Å². The molecule has 0 aliphatic carbocycles. The summed E-state index contributed by atoms with van der Waals surface area (Å²) in [6.45, 7) is 34.2. The number of hydrogen-bond acceptors (Lipinski definition) is 22. The zero-order valence-electron chi connectivity index (χ0n) is 70.1. The molecule has 123 heavy (non-hydrogen) atoms. The van der Waals surface area contributed by atoms with Gasteiger partial charge in [-0.3, -0.25) is 9.35 Å². The lowest BCUT2D eigenvalue weighted by Gasteiger charge is -2.16. The fraction of sp³-hybridized carbons (Fsp3) is 0.270. The lowest BCUT2D eigenvalue weighted by atomic mass is 9.93. The lowest BCUT2D eigenvalue weighted by Crippen LogP contribution is -2.15. The van der Waals surface area contributed by atoms with Gasteiger partial charge in [0.05, 0.1) is 55.1 Å². The number of aryl methyl sites for hydroxylation is 5. The van der Waals surface area contributed by atoms with Crippen LogP contribution >= 0.6 is 86.4 Å². The minimum absolute atomic E-state index is 0. The lowest BCUT2D eigenvalue weighted by molar-refractivity contribution is -0.131. The molecule has 0 radical (unpaired) electrons. The molecule has 16 rings (SSSR count). The normalized spacial score (nSPS) is 12.7. The second-order valence-electron chi connectivity index (χ2n) is 29.4. The zero-order valence-corrected chi connectivity index (χ0v) is 80.5. The molecular weight excluding hydrogens is 1930 g/mol. The Bertz CT molecular complexity index is 6980. The predicted octanol–water partition coefficient (Wildman–Crippen LogP) is 23.9. The number of carbonyl (C=O) groups excluding carboxylic acids is 5. The van der Waals surface area contributed by atoms with Crippen molar-refractivity contribution in [2.24, 2.45) is 0 Å². The number of rotatable bonds is 8. The third-order valence-corrected chi connectivity index (χ3v) is 32.1. The van der Waals surface area contributed by atoms with Crippen LogP contribution in [0, 0.1) is 118 Å². The summed E-state index contributed by atoms with van der Waals surface area (Å²) in [5, 5.41) is 27.3. The van der Waals surface area contributed by atoms with E-state index in [4.69, 9.17) is 33.0 Å². The van der Waals surface area contributed by atoms with E-state index in [0.29, 0.717) is 45.2 Å². The van der Waals surface area contributed by atoms with Crippen molar-refractivity contribution in [3.8, 4) is 67.5 Å².